The van der Waals surface area contributed by atoms with Crippen molar-refractivity contribution in [2.75, 3.05) is 7.11 Å². The minimum Gasteiger partial charge on any atom is -0.388 e. The topological polar surface area (TPSA) is 68.2 Å². The summed E-state index contributed by atoms with van der Waals surface area (Å²) in [5, 5.41) is 20.8. The molecule has 1 fully saturated rings. The Kier molecular flexibility index (Phi) is 5.24. The van der Waals surface area contributed by atoms with Crippen LogP contribution in [-0.2, 0) is 14.2 Å². The largest absolute Gasteiger partial charge is 0.388 e. The van der Waals surface area contributed by atoms with E-state index in [1.54, 1.807) is 38.1 Å². The lowest BCUT2D eigenvalue weighted by molar-refractivity contribution is -0.191. The molecular formula is C15H21ClO5. The van der Waals surface area contributed by atoms with Gasteiger partial charge in [-0.15, -0.1) is 0 Å². The maximum atomic E-state index is 10.3. The smallest absolute Gasteiger partial charge is 0.183 e. The maximum absolute atomic E-state index is 10.3. The molecule has 0 aliphatic carbocycles. The molecule has 118 valence electrons. The van der Waals surface area contributed by atoms with Crippen LogP contribution in [0.1, 0.15) is 31.9 Å². The SMILES string of the molecule is COC(O)C1OC(C)(C)OC1CC(O)c1ccc(Cl)cc1. The van der Waals surface area contributed by atoms with Crippen LogP contribution in [0, 0.1) is 0 Å². The molecule has 1 saturated heterocycles. The number of ether oxygens (including phenoxy) is 3. The molecule has 4 unspecified atom stereocenters. The number of benzene rings is 1. The van der Waals surface area contributed by atoms with Crippen LogP contribution < -0.4 is 0 Å². The van der Waals surface area contributed by atoms with Gasteiger partial charge in [-0.25, -0.2) is 0 Å². The average molecular weight is 317 g/mol. The third-order valence-corrected chi connectivity index (χ3v) is 3.71. The van der Waals surface area contributed by atoms with Gasteiger partial charge in [0, 0.05) is 18.6 Å². The minimum atomic E-state index is -1.10. The second kappa shape index (κ2) is 6.60. The molecule has 1 aromatic carbocycles. The van der Waals surface area contributed by atoms with Crippen LogP contribution in [0.3, 0.4) is 0 Å². The lowest BCUT2D eigenvalue weighted by Crippen LogP contribution is -2.37. The molecule has 1 aliphatic heterocycles. The lowest BCUT2D eigenvalue weighted by Gasteiger charge is -2.23. The highest BCUT2D eigenvalue weighted by Gasteiger charge is 2.45. The number of aliphatic hydroxyl groups is 2. The maximum Gasteiger partial charge on any atom is 0.183 e. The molecule has 0 radical (unpaired) electrons. The number of halogens is 1. The molecule has 4 atom stereocenters. The first-order valence-corrected chi connectivity index (χ1v) is 7.20. The van der Waals surface area contributed by atoms with Gasteiger partial charge in [-0.2, -0.15) is 0 Å². The molecule has 5 nitrogen and oxygen atoms in total. The zero-order chi connectivity index (χ0) is 15.6. The quantitative estimate of drug-likeness (QED) is 0.816. The summed E-state index contributed by atoms with van der Waals surface area (Å²) in [7, 11) is 1.39. The summed E-state index contributed by atoms with van der Waals surface area (Å²) in [6, 6.07) is 6.96. The van der Waals surface area contributed by atoms with E-state index in [1.807, 2.05) is 0 Å². The fraction of sp³-hybridized carbons (Fsp3) is 0.600. The number of methoxy groups -OCH3 is 1. The van der Waals surface area contributed by atoms with Gasteiger partial charge in [0.15, 0.2) is 12.1 Å². The number of rotatable bonds is 5. The number of aliphatic hydroxyl groups excluding tert-OH is 2. The molecule has 1 aromatic rings. The Morgan fingerprint density at radius 2 is 1.86 bits per heavy atom. The molecule has 0 amide bonds. The second-order valence-electron chi connectivity index (χ2n) is 5.57. The highest BCUT2D eigenvalue weighted by molar-refractivity contribution is 6.30. The van der Waals surface area contributed by atoms with E-state index in [1.165, 1.54) is 7.11 Å². The highest BCUT2D eigenvalue weighted by Crippen LogP contribution is 2.35. The molecule has 6 heteroatoms. The molecule has 2 N–H and O–H groups in total. The summed E-state index contributed by atoms with van der Waals surface area (Å²) < 4.78 is 16.3. The molecular weight excluding hydrogens is 296 g/mol. The van der Waals surface area contributed by atoms with Crippen molar-refractivity contribution in [3.63, 3.8) is 0 Å². The zero-order valence-corrected chi connectivity index (χ0v) is 13.1. The predicted octanol–water partition coefficient (Wildman–Crippen LogP) is 2.25. The first-order valence-electron chi connectivity index (χ1n) is 6.82. The molecule has 1 heterocycles. The van der Waals surface area contributed by atoms with Crippen LogP contribution in [0.15, 0.2) is 24.3 Å². The first-order chi connectivity index (χ1) is 9.82. The van der Waals surface area contributed by atoms with Crippen LogP contribution in [0.4, 0.5) is 0 Å². The summed E-state index contributed by atoms with van der Waals surface area (Å²) in [6.45, 7) is 3.52. The van der Waals surface area contributed by atoms with Crippen LogP contribution in [-0.4, -0.2) is 41.6 Å². The summed E-state index contributed by atoms with van der Waals surface area (Å²) >= 11 is 5.83. The van der Waals surface area contributed by atoms with Crippen molar-refractivity contribution in [1.29, 1.82) is 0 Å². The fourth-order valence-corrected chi connectivity index (χ4v) is 2.59. The van der Waals surface area contributed by atoms with Gasteiger partial charge in [0.1, 0.15) is 6.10 Å². The Balaban J connectivity index is 2.07. The fourth-order valence-electron chi connectivity index (χ4n) is 2.46. The minimum absolute atomic E-state index is 0.288. The van der Waals surface area contributed by atoms with Crippen LogP contribution in [0.2, 0.25) is 5.02 Å². The Morgan fingerprint density at radius 1 is 1.24 bits per heavy atom. The molecule has 0 spiro atoms. The summed E-state index contributed by atoms with van der Waals surface area (Å²) in [6.07, 6.45) is -2.67. The third-order valence-electron chi connectivity index (χ3n) is 3.45. The Hall–Kier alpha value is -0.690. The molecule has 2 rings (SSSR count). The lowest BCUT2D eigenvalue weighted by atomic mass is 10.0. The van der Waals surface area contributed by atoms with E-state index in [9.17, 15) is 10.2 Å². The van der Waals surface area contributed by atoms with E-state index in [0.29, 0.717) is 5.02 Å². The molecule has 1 aliphatic rings. The van der Waals surface area contributed by atoms with Crippen LogP contribution in [0.25, 0.3) is 0 Å². The van der Waals surface area contributed by atoms with Gasteiger partial charge in [-0.05, 0) is 31.5 Å². The molecule has 0 aromatic heterocycles. The Morgan fingerprint density at radius 3 is 2.43 bits per heavy atom. The van der Waals surface area contributed by atoms with Crippen molar-refractivity contribution < 1.29 is 24.4 Å². The normalized spacial score (nSPS) is 27.5. The van der Waals surface area contributed by atoms with Crippen molar-refractivity contribution in [1.82, 2.24) is 0 Å². The summed E-state index contributed by atoms with van der Waals surface area (Å²) in [5.41, 5.74) is 0.735. The van der Waals surface area contributed by atoms with Gasteiger partial charge in [-0.1, -0.05) is 23.7 Å². The van der Waals surface area contributed by atoms with Crippen molar-refractivity contribution in [2.45, 2.75) is 50.7 Å². The van der Waals surface area contributed by atoms with Crippen LogP contribution in [0.5, 0.6) is 0 Å². The third kappa shape index (κ3) is 4.16. The van der Waals surface area contributed by atoms with Crippen molar-refractivity contribution in [3.8, 4) is 0 Å². The van der Waals surface area contributed by atoms with E-state index in [0.717, 1.165) is 5.56 Å². The zero-order valence-electron chi connectivity index (χ0n) is 12.3. The van der Waals surface area contributed by atoms with E-state index in [-0.39, 0.29) is 6.42 Å². The Labute approximate surface area is 129 Å². The van der Waals surface area contributed by atoms with Gasteiger partial charge in [0.05, 0.1) is 12.2 Å². The number of hydrogen-bond acceptors (Lipinski definition) is 5. The molecule has 0 saturated carbocycles. The van der Waals surface area contributed by atoms with E-state index in [4.69, 9.17) is 25.8 Å². The monoisotopic (exact) mass is 316 g/mol. The Bertz CT molecular complexity index is 462. The van der Waals surface area contributed by atoms with E-state index < -0.39 is 30.4 Å². The second-order valence-corrected chi connectivity index (χ2v) is 6.00. The van der Waals surface area contributed by atoms with Gasteiger partial charge in [0.25, 0.3) is 0 Å². The predicted molar refractivity (Wildman–Crippen MR) is 77.9 cm³/mol. The number of hydrogen-bond donors (Lipinski definition) is 2. The molecule has 21 heavy (non-hydrogen) atoms. The van der Waals surface area contributed by atoms with Crippen LogP contribution >= 0.6 is 11.6 Å². The summed E-state index contributed by atoms with van der Waals surface area (Å²) in [5.74, 6) is -0.825. The van der Waals surface area contributed by atoms with E-state index >= 15 is 0 Å². The van der Waals surface area contributed by atoms with Crippen molar-refractivity contribution in [3.05, 3.63) is 34.9 Å². The van der Waals surface area contributed by atoms with E-state index in [2.05, 4.69) is 0 Å². The first kappa shape index (κ1) is 16.7. The van der Waals surface area contributed by atoms with Gasteiger partial charge >= 0.3 is 0 Å². The van der Waals surface area contributed by atoms with Gasteiger partial charge in [-0.3, -0.25) is 0 Å². The van der Waals surface area contributed by atoms with Crippen molar-refractivity contribution in [2.24, 2.45) is 0 Å². The highest BCUT2D eigenvalue weighted by atomic mass is 35.5. The molecule has 0 bridgehead atoms. The standard InChI is InChI=1S/C15H21ClO5/c1-15(2)20-12(13(21-15)14(18)19-3)8-11(17)9-4-6-10(16)7-5-9/h4-7,11-14,17-18H,8H2,1-3H3. The average Bonchev–Trinajstić information content (AvgIpc) is 2.73. The summed E-state index contributed by atoms with van der Waals surface area (Å²) in [4.78, 5) is 0. The van der Waals surface area contributed by atoms with Gasteiger partial charge in [0.2, 0.25) is 0 Å². The van der Waals surface area contributed by atoms with Gasteiger partial charge < -0.3 is 24.4 Å². The van der Waals surface area contributed by atoms with Crippen molar-refractivity contribution >= 4 is 11.6 Å².